The molecule has 0 spiro atoms. The van der Waals surface area contributed by atoms with Gasteiger partial charge in [-0.05, 0) is 25.1 Å². The van der Waals surface area contributed by atoms with Crippen LogP contribution in [-0.4, -0.2) is 47.1 Å². The van der Waals surface area contributed by atoms with E-state index in [1.54, 1.807) is 24.3 Å². The summed E-state index contributed by atoms with van der Waals surface area (Å²) in [6.07, 6.45) is 0. The van der Waals surface area contributed by atoms with Crippen molar-refractivity contribution in [2.75, 3.05) is 31.1 Å². The van der Waals surface area contributed by atoms with Crippen molar-refractivity contribution < 1.29 is 9.32 Å². The van der Waals surface area contributed by atoms with E-state index in [-0.39, 0.29) is 5.91 Å². The molecule has 1 fully saturated rings. The second-order valence-electron chi connectivity index (χ2n) is 5.71. The summed E-state index contributed by atoms with van der Waals surface area (Å²) in [4.78, 5) is 21.2. The van der Waals surface area contributed by atoms with Crippen molar-refractivity contribution in [3.05, 3.63) is 40.2 Å². The minimum atomic E-state index is -0.0697. The van der Waals surface area contributed by atoms with Gasteiger partial charge in [0.05, 0.1) is 10.2 Å². The lowest BCUT2D eigenvalue weighted by Gasteiger charge is -2.34. The average Bonchev–Trinajstić information content (AvgIpc) is 3.20. The van der Waals surface area contributed by atoms with Crippen LogP contribution in [0, 0.1) is 6.92 Å². The normalized spacial score (nSPS) is 15.2. The van der Waals surface area contributed by atoms with E-state index in [4.69, 9.17) is 9.51 Å². The highest BCUT2D eigenvalue weighted by Gasteiger charge is 2.25. The molecule has 1 amide bonds. The Labute approximate surface area is 151 Å². The molecule has 0 unspecified atom stereocenters. The molecule has 1 aromatic carbocycles. The number of fused-ring (bicyclic) bond motifs is 1. The second kappa shape index (κ2) is 6.18. The van der Waals surface area contributed by atoms with Crippen LogP contribution in [0.5, 0.6) is 0 Å². The van der Waals surface area contributed by atoms with Crippen molar-refractivity contribution in [1.82, 2.24) is 15.0 Å². The van der Waals surface area contributed by atoms with Crippen LogP contribution in [-0.2, 0) is 0 Å². The highest BCUT2D eigenvalue weighted by Crippen LogP contribution is 2.31. The first kappa shape index (κ1) is 15.6. The van der Waals surface area contributed by atoms with E-state index in [0.29, 0.717) is 24.5 Å². The first-order chi connectivity index (χ1) is 11.6. The molecule has 124 valence electrons. The van der Waals surface area contributed by atoms with Crippen LogP contribution >= 0.6 is 27.3 Å². The molecule has 8 heteroatoms. The maximum atomic E-state index is 12.4. The number of carbonyl (C=O) groups excluding carboxylic acids is 1. The Kier molecular flexibility index (Phi) is 4.01. The van der Waals surface area contributed by atoms with Gasteiger partial charge in [0.25, 0.3) is 5.91 Å². The zero-order chi connectivity index (χ0) is 16.7. The van der Waals surface area contributed by atoms with Crippen LogP contribution in [0.3, 0.4) is 0 Å². The molecule has 1 aliphatic rings. The van der Waals surface area contributed by atoms with Gasteiger partial charge in [-0.1, -0.05) is 32.4 Å². The molecule has 0 N–H and O–H groups in total. The van der Waals surface area contributed by atoms with Gasteiger partial charge in [-0.15, -0.1) is 0 Å². The number of amides is 1. The summed E-state index contributed by atoms with van der Waals surface area (Å²) >= 11 is 5.17. The van der Waals surface area contributed by atoms with Crippen molar-refractivity contribution in [3.8, 4) is 0 Å². The molecule has 2 aromatic heterocycles. The average molecular weight is 407 g/mol. The van der Waals surface area contributed by atoms with Crippen LogP contribution in [0.4, 0.5) is 5.13 Å². The number of hydrogen-bond acceptors (Lipinski definition) is 6. The minimum absolute atomic E-state index is 0.0697. The molecule has 24 heavy (non-hydrogen) atoms. The van der Waals surface area contributed by atoms with E-state index in [1.807, 2.05) is 17.0 Å². The molecule has 0 saturated carbocycles. The Morgan fingerprint density at radius 2 is 2.04 bits per heavy atom. The lowest BCUT2D eigenvalue weighted by molar-refractivity contribution is 0.0736. The third-order valence-electron chi connectivity index (χ3n) is 4.02. The van der Waals surface area contributed by atoms with Crippen LogP contribution in [0.1, 0.15) is 16.2 Å². The zero-order valence-electron chi connectivity index (χ0n) is 13.0. The van der Waals surface area contributed by atoms with E-state index in [1.165, 1.54) is 0 Å². The molecule has 3 aromatic rings. The third-order valence-corrected chi connectivity index (χ3v) is 5.60. The quantitative estimate of drug-likeness (QED) is 0.652. The Bertz CT molecular complexity index is 899. The summed E-state index contributed by atoms with van der Waals surface area (Å²) in [5.74, 6) is 0.581. The maximum absolute atomic E-state index is 12.4. The van der Waals surface area contributed by atoms with Gasteiger partial charge in [-0.2, -0.15) is 0 Å². The molecule has 0 aliphatic carbocycles. The van der Waals surface area contributed by atoms with Gasteiger partial charge in [0.1, 0.15) is 5.76 Å². The standard InChI is InChI=1S/C16H15BrN4O2S/c1-10-8-13(19-23-10)15(22)20-4-6-21(7-5-20)16-18-12-3-2-11(17)9-14(12)24-16/h2-3,8-9H,4-7H2,1H3. The number of rotatable bonds is 2. The molecular weight excluding hydrogens is 392 g/mol. The number of benzene rings is 1. The summed E-state index contributed by atoms with van der Waals surface area (Å²) in [7, 11) is 0. The smallest absolute Gasteiger partial charge is 0.276 e. The number of carbonyl (C=O) groups is 1. The molecule has 6 nitrogen and oxygen atoms in total. The summed E-state index contributed by atoms with van der Waals surface area (Å²) in [5.41, 5.74) is 1.39. The van der Waals surface area contributed by atoms with Gasteiger partial charge < -0.3 is 14.3 Å². The second-order valence-corrected chi connectivity index (χ2v) is 7.64. The monoisotopic (exact) mass is 406 g/mol. The topological polar surface area (TPSA) is 62.5 Å². The predicted octanol–water partition coefficient (Wildman–Crippen LogP) is 3.32. The van der Waals surface area contributed by atoms with E-state index >= 15 is 0 Å². The highest BCUT2D eigenvalue weighted by atomic mass is 79.9. The number of hydrogen-bond donors (Lipinski definition) is 0. The van der Waals surface area contributed by atoms with Crippen molar-refractivity contribution >= 4 is 48.5 Å². The number of aryl methyl sites for hydroxylation is 1. The molecular formula is C16H15BrN4O2S. The fraction of sp³-hybridized carbons (Fsp3) is 0.312. The largest absolute Gasteiger partial charge is 0.361 e. The number of thiazole rings is 1. The van der Waals surface area contributed by atoms with Crippen molar-refractivity contribution in [3.63, 3.8) is 0 Å². The first-order valence-corrected chi connectivity index (χ1v) is 9.25. The van der Waals surface area contributed by atoms with E-state index in [9.17, 15) is 4.79 Å². The Morgan fingerprint density at radius 3 is 2.75 bits per heavy atom. The number of nitrogens with zero attached hydrogens (tertiary/aromatic N) is 4. The first-order valence-electron chi connectivity index (χ1n) is 7.64. The molecule has 0 radical (unpaired) electrons. The molecule has 0 atom stereocenters. The summed E-state index contributed by atoms with van der Waals surface area (Å²) in [5, 5.41) is 4.82. The lowest BCUT2D eigenvalue weighted by atomic mass is 10.3. The van der Waals surface area contributed by atoms with E-state index < -0.39 is 0 Å². The summed E-state index contributed by atoms with van der Waals surface area (Å²) < 4.78 is 7.21. The summed E-state index contributed by atoms with van der Waals surface area (Å²) in [6, 6.07) is 7.79. The van der Waals surface area contributed by atoms with E-state index in [2.05, 4.69) is 32.1 Å². The van der Waals surface area contributed by atoms with Gasteiger partial charge in [-0.3, -0.25) is 4.79 Å². The van der Waals surface area contributed by atoms with Gasteiger partial charge in [0, 0.05) is 36.7 Å². The molecule has 1 aliphatic heterocycles. The predicted molar refractivity (Wildman–Crippen MR) is 96.7 cm³/mol. The number of anilines is 1. The minimum Gasteiger partial charge on any atom is -0.361 e. The van der Waals surface area contributed by atoms with Gasteiger partial charge >= 0.3 is 0 Å². The molecule has 4 rings (SSSR count). The van der Waals surface area contributed by atoms with Crippen LogP contribution < -0.4 is 4.90 Å². The van der Waals surface area contributed by atoms with Gasteiger partial charge in [0.15, 0.2) is 10.8 Å². The van der Waals surface area contributed by atoms with Crippen molar-refractivity contribution in [1.29, 1.82) is 0 Å². The number of piperazine rings is 1. The number of aromatic nitrogens is 2. The Morgan fingerprint density at radius 1 is 1.25 bits per heavy atom. The Hall–Kier alpha value is -1.93. The van der Waals surface area contributed by atoms with Crippen LogP contribution in [0.25, 0.3) is 10.2 Å². The Balaban J connectivity index is 1.46. The van der Waals surface area contributed by atoms with E-state index in [0.717, 1.165) is 32.9 Å². The fourth-order valence-electron chi connectivity index (χ4n) is 2.75. The zero-order valence-corrected chi connectivity index (χ0v) is 15.4. The third kappa shape index (κ3) is 2.91. The molecule has 0 bridgehead atoms. The highest BCUT2D eigenvalue weighted by molar-refractivity contribution is 9.10. The van der Waals surface area contributed by atoms with Gasteiger partial charge in [0.2, 0.25) is 0 Å². The number of halogens is 1. The summed E-state index contributed by atoms with van der Waals surface area (Å²) in [6.45, 7) is 4.63. The lowest BCUT2D eigenvalue weighted by Crippen LogP contribution is -2.48. The van der Waals surface area contributed by atoms with Crippen LogP contribution in [0.2, 0.25) is 0 Å². The van der Waals surface area contributed by atoms with Gasteiger partial charge in [-0.25, -0.2) is 4.98 Å². The maximum Gasteiger partial charge on any atom is 0.276 e. The SMILES string of the molecule is Cc1cc(C(=O)N2CCN(c3nc4ccc(Br)cc4s3)CC2)no1. The molecule has 3 heterocycles. The van der Waals surface area contributed by atoms with Crippen molar-refractivity contribution in [2.45, 2.75) is 6.92 Å². The molecule has 1 saturated heterocycles. The van der Waals surface area contributed by atoms with Crippen molar-refractivity contribution in [2.24, 2.45) is 0 Å². The fourth-order valence-corrected chi connectivity index (χ4v) is 4.32. The van der Waals surface area contributed by atoms with Crippen LogP contribution in [0.15, 0.2) is 33.3 Å².